The van der Waals surface area contributed by atoms with Crippen molar-refractivity contribution in [3.8, 4) is 0 Å². The Morgan fingerprint density at radius 2 is 2.07 bits per heavy atom. The first-order chi connectivity index (χ1) is 13.0. The standard InChI is InChI=1S/C21H24N2O4/c1-13-7-8-17-18(10-13)21(26)23(20(17)25)15-5-2-4-14(11-15)19(24)22-12-16-6-3-9-27-16/h2,4-5,7,11,16-18H,3,6,8-10,12H2,1H3,(H,22,24)/t16-,17+,18-/m1/s1. The molecule has 0 aromatic heterocycles. The highest BCUT2D eigenvalue weighted by molar-refractivity contribution is 6.22. The summed E-state index contributed by atoms with van der Waals surface area (Å²) in [6, 6.07) is 6.74. The number of hydrogen-bond acceptors (Lipinski definition) is 4. The van der Waals surface area contributed by atoms with Crippen molar-refractivity contribution in [3.05, 3.63) is 41.5 Å². The first-order valence-electron chi connectivity index (χ1n) is 9.58. The van der Waals surface area contributed by atoms with Crippen molar-refractivity contribution in [2.24, 2.45) is 11.8 Å². The SMILES string of the molecule is CC1=CC[C@@H]2C(=O)N(c3cccc(C(=O)NC[C@H]4CCCO4)c3)C(=O)[C@@H]2C1. The maximum absolute atomic E-state index is 12.8. The molecule has 2 aliphatic heterocycles. The second kappa shape index (κ2) is 7.27. The van der Waals surface area contributed by atoms with E-state index in [1.165, 1.54) is 4.90 Å². The third-order valence-corrected chi connectivity index (χ3v) is 5.70. The molecule has 0 bridgehead atoms. The van der Waals surface area contributed by atoms with E-state index in [-0.39, 0.29) is 35.7 Å². The zero-order valence-corrected chi connectivity index (χ0v) is 15.4. The van der Waals surface area contributed by atoms with Crippen LogP contribution >= 0.6 is 0 Å². The van der Waals surface area contributed by atoms with Gasteiger partial charge in [-0.3, -0.25) is 19.3 Å². The molecule has 1 N–H and O–H groups in total. The summed E-state index contributed by atoms with van der Waals surface area (Å²) in [5.74, 6) is -1.10. The van der Waals surface area contributed by atoms with Crippen LogP contribution in [0.5, 0.6) is 0 Å². The van der Waals surface area contributed by atoms with Crippen molar-refractivity contribution in [1.29, 1.82) is 0 Å². The van der Waals surface area contributed by atoms with Gasteiger partial charge in [0.1, 0.15) is 0 Å². The normalized spacial score (nSPS) is 27.5. The van der Waals surface area contributed by atoms with Crippen LogP contribution in [0, 0.1) is 11.8 Å². The van der Waals surface area contributed by atoms with Gasteiger partial charge in [-0.25, -0.2) is 0 Å². The minimum absolute atomic E-state index is 0.0673. The highest BCUT2D eigenvalue weighted by Gasteiger charge is 2.48. The molecular weight excluding hydrogens is 344 g/mol. The molecular formula is C21H24N2O4. The van der Waals surface area contributed by atoms with Gasteiger partial charge in [0.15, 0.2) is 0 Å². The third kappa shape index (κ3) is 3.41. The highest BCUT2D eigenvalue weighted by Crippen LogP contribution is 2.39. The number of hydrogen-bond donors (Lipinski definition) is 1. The maximum Gasteiger partial charge on any atom is 0.251 e. The van der Waals surface area contributed by atoms with E-state index in [2.05, 4.69) is 5.32 Å². The molecule has 1 aliphatic carbocycles. The summed E-state index contributed by atoms with van der Waals surface area (Å²) in [5, 5.41) is 2.88. The summed E-state index contributed by atoms with van der Waals surface area (Å²) in [6.45, 7) is 3.21. The first-order valence-corrected chi connectivity index (χ1v) is 9.58. The number of nitrogens with zero attached hydrogens (tertiary/aromatic N) is 1. The van der Waals surface area contributed by atoms with Gasteiger partial charge < -0.3 is 10.1 Å². The average molecular weight is 368 g/mol. The molecule has 0 radical (unpaired) electrons. The lowest BCUT2D eigenvalue weighted by molar-refractivity contribution is -0.122. The van der Waals surface area contributed by atoms with Gasteiger partial charge in [-0.1, -0.05) is 17.7 Å². The van der Waals surface area contributed by atoms with E-state index in [9.17, 15) is 14.4 Å². The number of benzene rings is 1. The van der Waals surface area contributed by atoms with Crippen molar-refractivity contribution < 1.29 is 19.1 Å². The number of allylic oxidation sites excluding steroid dienone is 2. The third-order valence-electron chi connectivity index (χ3n) is 5.70. The van der Waals surface area contributed by atoms with Gasteiger partial charge in [0, 0.05) is 18.7 Å². The van der Waals surface area contributed by atoms with Gasteiger partial charge in [-0.05, 0) is 50.8 Å². The summed E-state index contributed by atoms with van der Waals surface area (Å²) in [6.07, 6.45) is 5.33. The van der Waals surface area contributed by atoms with Crippen LogP contribution < -0.4 is 10.2 Å². The van der Waals surface area contributed by atoms with Gasteiger partial charge in [0.2, 0.25) is 11.8 Å². The molecule has 3 aliphatic rings. The predicted molar refractivity (Wildman–Crippen MR) is 100 cm³/mol. The number of anilines is 1. The van der Waals surface area contributed by atoms with Gasteiger partial charge in [-0.15, -0.1) is 0 Å². The topological polar surface area (TPSA) is 75.7 Å². The lowest BCUT2D eigenvalue weighted by Gasteiger charge is -2.18. The molecule has 3 amide bonds. The Hall–Kier alpha value is -2.47. The summed E-state index contributed by atoms with van der Waals surface area (Å²) >= 11 is 0. The Morgan fingerprint density at radius 3 is 2.85 bits per heavy atom. The number of amides is 3. The van der Waals surface area contributed by atoms with Crippen LogP contribution in [0.1, 0.15) is 43.0 Å². The Kier molecular flexibility index (Phi) is 4.83. The van der Waals surface area contributed by atoms with E-state index < -0.39 is 0 Å². The zero-order valence-electron chi connectivity index (χ0n) is 15.4. The number of rotatable bonds is 4. The quantitative estimate of drug-likeness (QED) is 0.654. The molecule has 6 nitrogen and oxygen atoms in total. The van der Waals surface area contributed by atoms with E-state index in [1.807, 2.05) is 13.0 Å². The van der Waals surface area contributed by atoms with E-state index in [1.54, 1.807) is 24.3 Å². The van der Waals surface area contributed by atoms with E-state index in [0.29, 0.717) is 30.6 Å². The van der Waals surface area contributed by atoms with E-state index in [0.717, 1.165) is 25.0 Å². The van der Waals surface area contributed by atoms with Crippen molar-refractivity contribution in [2.45, 2.75) is 38.7 Å². The van der Waals surface area contributed by atoms with Crippen LogP contribution in [0.25, 0.3) is 0 Å². The summed E-state index contributed by atoms with van der Waals surface area (Å²) in [5.41, 5.74) is 2.07. The zero-order chi connectivity index (χ0) is 19.0. The summed E-state index contributed by atoms with van der Waals surface area (Å²) in [7, 11) is 0. The summed E-state index contributed by atoms with van der Waals surface area (Å²) in [4.78, 5) is 39.4. The largest absolute Gasteiger partial charge is 0.376 e. The van der Waals surface area contributed by atoms with Crippen molar-refractivity contribution in [1.82, 2.24) is 5.32 Å². The molecule has 4 rings (SSSR count). The minimum Gasteiger partial charge on any atom is -0.376 e. The molecule has 0 unspecified atom stereocenters. The molecule has 0 saturated carbocycles. The first kappa shape index (κ1) is 17.9. The molecule has 0 spiro atoms. The smallest absolute Gasteiger partial charge is 0.251 e. The Balaban J connectivity index is 1.49. The van der Waals surface area contributed by atoms with Crippen LogP contribution in [0.4, 0.5) is 5.69 Å². The lowest BCUT2D eigenvalue weighted by Crippen LogP contribution is -2.33. The number of carbonyl (C=O) groups excluding carboxylic acids is 3. The Bertz CT molecular complexity index is 810. The Labute approximate surface area is 158 Å². The molecule has 142 valence electrons. The van der Waals surface area contributed by atoms with Crippen LogP contribution in [0.2, 0.25) is 0 Å². The van der Waals surface area contributed by atoms with Crippen molar-refractivity contribution >= 4 is 23.4 Å². The molecule has 6 heteroatoms. The molecule has 2 fully saturated rings. The van der Waals surface area contributed by atoms with Crippen molar-refractivity contribution in [3.63, 3.8) is 0 Å². The van der Waals surface area contributed by atoms with Crippen molar-refractivity contribution in [2.75, 3.05) is 18.1 Å². The monoisotopic (exact) mass is 368 g/mol. The molecule has 1 aromatic carbocycles. The van der Waals surface area contributed by atoms with Crippen LogP contribution in [0.15, 0.2) is 35.9 Å². The number of nitrogens with one attached hydrogen (secondary N) is 1. The maximum atomic E-state index is 12.8. The van der Waals surface area contributed by atoms with Gasteiger partial charge in [0.25, 0.3) is 5.91 Å². The number of fused-ring (bicyclic) bond motifs is 1. The summed E-state index contributed by atoms with van der Waals surface area (Å²) < 4.78 is 5.52. The lowest BCUT2D eigenvalue weighted by atomic mass is 9.82. The van der Waals surface area contributed by atoms with E-state index >= 15 is 0 Å². The highest BCUT2D eigenvalue weighted by atomic mass is 16.5. The van der Waals surface area contributed by atoms with Crippen LogP contribution in [-0.2, 0) is 14.3 Å². The number of carbonyl (C=O) groups is 3. The molecule has 2 heterocycles. The minimum atomic E-state index is -0.279. The van der Waals surface area contributed by atoms with Gasteiger partial charge in [0.05, 0.1) is 23.6 Å². The van der Waals surface area contributed by atoms with Gasteiger partial charge >= 0.3 is 0 Å². The molecule has 2 saturated heterocycles. The number of imide groups is 1. The Morgan fingerprint density at radius 1 is 1.26 bits per heavy atom. The molecule has 3 atom stereocenters. The van der Waals surface area contributed by atoms with Crippen LogP contribution in [0.3, 0.4) is 0 Å². The number of ether oxygens (including phenoxy) is 1. The van der Waals surface area contributed by atoms with Crippen LogP contribution in [-0.4, -0.2) is 37.0 Å². The second-order valence-corrected chi connectivity index (χ2v) is 7.61. The second-order valence-electron chi connectivity index (χ2n) is 7.61. The average Bonchev–Trinajstić information content (AvgIpc) is 3.27. The van der Waals surface area contributed by atoms with Gasteiger partial charge in [-0.2, -0.15) is 0 Å². The predicted octanol–water partition coefficient (Wildman–Crippen LogP) is 2.44. The van der Waals surface area contributed by atoms with E-state index in [4.69, 9.17) is 4.74 Å². The molecule has 1 aromatic rings. The molecule has 27 heavy (non-hydrogen) atoms. The fourth-order valence-corrected chi connectivity index (χ4v) is 4.19. The fourth-order valence-electron chi connectivity index (χ4n) is 4.19. The fraction of sp³-hybridized carbons (Fsp3) is 0.476.